The molecule has 2 aliphatic rings. The molecule has 0 saturated carbocycles. The van der Waals surface area contributed by atoms with Crippen molar-refractivity contribution in [3.63, 3.8) is 0 Å². The van der Waals surface area contributed by atoms with Crippen molar-refractivity contribution in [2.45, 2.75) is 67.2 Å². The molecule has 0 spiro atoms. The lowest BCUT2D eigenvalue weighted by Gasteiger charge is -2.25. The Balaban J connectivity index is 0.000000475. The van der Waals surface area contributed by atoms with E-state index >= 15 is 0 Å². The molecule has 0 aromatic rings. The highest BCUT2D eigenvalue weighted by Gasteiger charge is 2.21. The lowest BCUT2D eigenvalue weighted by Crippen LogP contribution is -2.36. The molecular weight excluding hydrogens is 332 g/mol. The van der Waals surface area contributed by atoms with Gasteiger partial charge in [0, 0.05) is 19.6 Å². The largest absolute Gasteiger partial charge is 0.449 e. The van der Waals surface area contributed by atoms with E-state index < -0.39 is 0 Å². The highest BCUT2D eigenvalue weighted by Crippen LogP contribution is 2.10. The minimum atomic E-state index is -0.148. The number of piperidine rings is 1. The van der Waals surface area contributed by atoms with Crippen LogP contribution in [0.25, 0.3) is 0 Å². The minimum Gasteiger partial charge on any atom is -0.449 e. The second kappa shape index (κ2) is 13.7. The third-order valence-corrected chi connectivity index (χ3v) is 4.36. The van der Waals surface area contributed by atoms with E-state index in [4.69, 9.17) is 9.47 Å². The number of amides is 2. The maximum absolute atomic E-state index is 11.5. The zero-order chi connectivity index (χ0) is 18.7. The van der Waals surface area contributed by atoms with Gasteiger partial charge in [0.25, 0.3) is 0 Å². The molecule has 26 heavy (non-hydrogen) atoms. The van der Waals surface area contributed by atoms with E-state index in [0.29, 0.717) is 25.0 Å². The summed E-state index contributed by atoms with van der Waals surface area (Å²) >= 11 is 0. The summed E-state index contributed by atoms with van der Waals surface area (Å²) in [5, 5.41) is 0. The lowest BCUT2D eigenvalue weighted by molar-refractivity contribution is 0.0914. The van der Waals surface area contributed by atoms with Crippen molar-refractivity contribution in [3.8, 4) is 0 Å². The fourth-order valence-corrected chi connectivity index (χ4v) is 2.59. The number of cyclic esters (lactones) is 1. The summed E-state index contributed by atoms with van der Waals surface area (Å²) in [6.45, 7) is 13.1. The van der Waals surface area contributed by atoms with E-state index in [0.717, 1.165) is 51.9 Å². The van der Waals surface area contributed by atoms with Crippen LogP contribution in [0.3, 0.4) is 0 Å². The van der Waals surface area contributed by atoms with Crippen LogP contribution in [-0.4, -0.2) is 61.4 Å². The Labute approximate surface area is 160 Å². The van der Waals surface area contributed by atoms with Crippen molar-refractivity contribution in [3.05, 3.63) is 0 Å². The molecule has 0 bridgehead atoms. The van der Waals surface area contributed by atoms with Gasteiger partial charge in [-0.05, 0) is 43.9 Å². The maximum atomic E-state index is 11.5. The number of likely N-dealkylation sites (tertiary alicyclic amines) is 1. The fraction of sp³-hybridized carbons (Fsp3) is 0.900. The average Bonchev–Trinajstić information content (AvgIpc) is 2.99. The zero-order valence-corrected chi connectivity index (χ0v) is 16.5. The number of hydrogen-bond acceptors (Lipinski definition) is 4. The number of carbonyl (C=O) groups is 2. The molecular formula is C20H40N2O4. The zero-order valence-electron chi connectivity index (χ0n) is 16.5. The van der Waals surface area contributed by atoms with Gasteiger partial charge < -0.3 is 19.3 Å². The molecule has 0 unspecified atom stereocenters. The molecule has 154 valence electrons. The van der Waals surface area contributed by atoms with Crippen molar-refractivity contribution in [1.82, 2.24) is 9.80 Å². The van der Waals surface area contributed by atoms with Gasteiger partial charge in [0.05, 0.1) is 13.2 Å². The van der Waals surface area contributed by atoms with Gasteiger partial charge in [0.15, 0.2) is 0 Å². The number of hydrogen-bond donors (Lipinski definition) is 0. The maximum Gasteiger partial charge on any atom is 0.409 e. The van der Waals surface area contributed by atoms with E-state index in [1.807, 2.05) is 4.90 Å². The van der Waals surface area contributed by atoms with Gasteiger partial charge in [0.2, 0.25) is 0 Å². The van der Waals surface area contributed by atoms with Crippen LogP contribution in [-0.2, 0) is 9.47 Å². The topological polar surface area (TPSA) is 59.1 Å². The number of ether oxygens (including phenoxy) is 2. The van der Waals surface area contributed by atoms with E-state index in [-0.39, 0.29) is 19.6 Å². The van der Waals surface area contributed by atoms with Crippen molar-refractivity contribution in [1.29, 1.82) is 0 Å². The van der Waals surface area contributed by atoms with Crippen molar-refractivity contribution < 1.29 is 19.1 Å². The Hall–Kier alpha value is -1.46. The first-order valence-electron chi connectivity index (χ1n) is 9.73. The molecule has 0 radical (unpaired) electrons. The Morgan fingerprint density at radius 2 is 1.65 bits per heavy atom. The molecule has 0 aromatic carbocycles. The Morgan fingerprint density at radius 1 is 1.04 bits per heavy atom. The van der Waals surface area contributed by atoms with Crippen LogP contribution in [0, 0.1) is 11.8 Å². The summed E-state index contributed by atoms with van der Waals surface area (Å²) in [6, 6.07) is 0. The summed E-state index contributed by atoms with van der Waals surface area (Å²) in [5.74, 6) is 1.26. The van der Waals surface area contributed by atoms with Crippen LogP contribution in [0.2, 0.25) is 0 Å². The first-order chi connectivity index (χ1) is 11.9. The van der Waals surface area contributed by atoms with Crippen molar-refractivity contribution in [2.24, 2.45) is 11.8 Å². The number of nitrogens with zero attached hydrogens (tertiary/aromatic N) is 2. The molecule has 0 aromatic heterocycles. The highest BCUT2D eigenvalue weighted by atomic mass is 16.6. The molecule has 6 heteroatoms. The van der Waals surface area contributed by atoms with E-state index in [1.54, 1.807) is 4.90 Å². The predicted molar refractivity (Wildman–Crippen MR) is 105 cm³/mol. The van der Waals surface area contributed by atoms with E-state index in [9.17, 15) is 9.59 Å². The molecule has 2 heterocycles. The second-order valence-electron chi connectivity index (χ2n) is 7.63. The molecule has 0 aliphatic carbocycles. The molecule has 0 N–H and O–H groups in total. The third-order valence-electron chi connectivity index (χ3n) is 4.36. The van der Waals surface area contributed by atoms with Crippen LogP contribution in [0.15, 0.2) is 0 Å². The van der Waals surface area contributed by atoms with Crippen LogP contribution >= 0.6 is 0 Å². The van der Waals surface area contributed by atoms with Gasteiger partial charge in [0.1, 0.15) is 6.61 Å². The summed E-state index contributed by atoms with van der Waals surface area (Å²) < 4.78 is 9.96. The molecule has 2 amide bonds. The summed E-state index contributed by atoms with van der Waals surface area (Å²) in [5.41, 5.74) is 0. The number of rotatable bonds is 6. The van der Waals surface area contributed by atoms with Gasteiger partial charge in [-0.15, -0.1) is 0 Å². The van der Waals surface area contributed by atoms with Gasteiger partial charge in [-0.1, -0.05) is 35.1 Å². The molecule has 2 saturated heterocycles. The molecule has 2 aliphatic heterocycles. The van der Waals surface area contributed by atoms with Crippen molar-refractivity contribution in [2.75, 3.05) is 39.4 Å². The SMILES string of the molecule is C.CC(C)CCN1CCOC1=O.CC(C)CCOC(=O)N1CCCCC1. The summed E-state index contributed by atoms with van der Waals surface area (Å²) in [7, 11) is 0. The minimum absolute atomic E-state index is 0. The monoisotopic (exact) mass is 372 g/mol. The van der Waals surface area contributed by atoms with Crippen LogP contribution in [0.1, 0.15) is 67.2 Å². The molecule has 0 atom stereocenters. The van der Waals surface area contributed by atoms with Gasteiger partial charge in [-0.25, -0.2) is 9.59 Å². The highest BCUT2D eigenvalue weighted by molar-refractivity contribution is 5.69. The smallest absolute Gasteiger partial charge is 0.409 e. The summed E-state index contributed by atoms with van der Waals surface area (Å²) in [4.78, 5) is 26.0. The number of carbonyl (C=O) groups excluding carboxylic acids is 2. The van der Waals surface area contributed by atoms with Gasteiger partial charge in [-0.2, -0.15) is 0 Å². The van der Waals surface area contributed by atoms with E-state index in [2.05, 4.69) is 27.7 Å². The Kier molecular flexibility index (Phi) is 12.9. The van der Waals surface area contributed by atoms with E-state index in [1.165, 1.54) is 6.42 Å². The van der Waals surface area contributed by atoms with Gasteiger partial charge >= 0.3 is 12.2 Å². The molecule has 2 fully saturated rings. The lowest BCUT2D eigenvalue weighted by atomic mass is 10.1. The predicted octanol–water partition coefficient (Wildman–Crippen LogP) is 4.78. The standard InChI is InChI=1S/C11H21NO2.C8H15NO2.CH4/c1-10(2)6-9-14-11(13)12-7-4-3-5-8-12;1-7(2)3-4-9-5-6-11-8(9)10;/h10H,3-9H2,1-2H3;7H,3-6H2,1-2H3;1H4. The van der Waals surface area contributed by atoms with Crippen LogP contribution in [0.4, 0.5) is 9.59 Å². The van der Waals surface area contributed by atoms with Crippen LogP contribution in [0.5, 0.6) is 0 Å². The fourth-order valence-electron chi connectivity index (χ4n) is 2.59. The molecule has 6 nitrogen and oxygen atoms in total. The quantitative estimate of drug-likeness (QED) is 0.673. The first kappa shape index (κ1) is 24.5. The third kappa shape index (κ3) is 10.5. The normalized spacial score (nSPS) is 16.8. The summed E-state index contributed by atoms with van der Waals surface area (Å²) in [6.07, 6.45) is 5.25. The Morgan fingerprint density at radius 3 is 2.15 bits per heavy atom. The second-order valence-corrected chi connectivity index (χ2v) is 7.63. The Bertz CT molecular complexity index is 393. The van der Waals surface area contributed by atoms with Crippen molar-refractivity contribution >= 4 is 12.2 Å². The molecule has 2 rings (SSSR count). The van der Waals surface area contributed by atoms with Gasteiger partial charge in [-0.3, -0.25) is 0 Å². The van der Waals surface area contributed by atoms with Crippen LogP contribution < -0.4 is 0 Å². The first-order valence-corrected chi connectivity index (χ1v) is 9.73. The average molecular weight is 373 g/mol.